The van der Waals surface area contributed by atoms with Crippen LogP contribution in [0.25, 0.3) is 10.2 Å². The van der Waals surface area contributed by atoms with Gasteiger partial charge in [0, 0.05) is 6.61 Å². The smallest absolute Gasteiger partial charge is 0.270 e. The lowest BCUT2D eigenvalue weighted by Crippen LogP contribution is -2.37. The van der Waals surface area contributed by atoms with Crippen LogP contribution < -0.4 is 4.90 Å². The average Bonchev–Trinajstić information content (AvgIpc) is 3.32. The minimum atomic E-state index is -0.365. The lowest BCUT2D eigenvalue weighted by molar-refractivity contribution is 0.0920. The fraction of sp³-hybridized carbons (Fsp3) is 0.294. The summed E-state index contributed by atoms with van der Waals surface area (Å²) in [5.41, 5.74) is 0.314. The van der Waals surface area contributed by atoms with Crippen molar-refractivity contribution in [1.82, 2.24) is 4.98 Å². The molecule has 1 amide bonds. The highest BCUT2D eigenvalue weighted by Gasteiger charge is 2.27. The van der Waals surface area contributed by atoms with E-state index in [4.69, 9.17) is 4.74 Å². The van der Waals surface area contributed by atoms with E-state index in [1.165, 1.54) is 28.7 Å². The van der Waals surface area contributed by atoms with Gasteiger partial charge in [0.2, 0.25) is 0 Å². The third-order valence-corrected chi connectivity index (χ3v) is 5.88. The molecule has 1 aromatic carbocycles. The van der Waals surface area contributed by atoms with Crippen molar-refractivity contribution in [3.63, 3.8) is 0 Å². The Morgan fingerprint density at radius 1 is 1.38 bits per heavy atom. The summed E-state index contributed by atoms with van der Waals surface area (Å²) in [5.74, 6) is -0.476. The number of fused-ring (bicyclic) bond motifs is 1. The number of carbonyl (C=O) groups is 1. The van der Waals surface area contributed by atoms with Crippen molar-refractivity contribution in [3.05, 3.63) is 46.4 Å². The summed E-state index contributed by atoms with van der Waals surface area (Å²) in [6, 6.07) is 8.51. The first-order chi connectivity index (χ1) is 11.7. The molecule has 0 spiro atoms. The molecule has 4 rings (SSSR count). The fourth-order valence-electron chi connectivity index (χ4n) is 2.79. The number of anilines is 1. The van der Waals surface area contributed by atoms with Gasteiger partial charge in [-0.1, -0.05) is 23.5 Å². The van der Waals surface area contributed by atoms with Gasteiger partial charge in [0.25, 0.3) is 5.91 Å². The van der Waals surface area contributed by atoms with E-state index >= 15 is 0 Å². The van der Waals surface area contributed by atoms with Gasteiger partial charge in [0.1, 0.15) is 11.3 Å². The Bertz CT molecular complexity index is 857. The second-order valence-electron chi connectivity index (χ2n) is 5.61. The molecule has 1 fully saturated rings. The molecule has 24 heavy (non-hydrogen) atoms. The van der Waals surface area contributed by atoms with Gasteiger partial charge in [-0.25, -0.2) is 9.37 Å². The van der Waals surface area contributed by atoms with Gasteiger partial charge >= 0.3 is 0 Å². The van der Waals surface area contributed by atoms with Gasteiger partial charge < -0.3 is 4.74 Å². The van der Waals surface area contributed by atoms with Crippen LogP contribution in [0, 0.1) is 5.82 Å². The number of amides is 1. The van der Waals surface area contributed by atoms with E-state index in [2.05, 4.69) is 4.98 Å². The second-order valence-corrected chi connectivity index (χ2v) is 7.57. The lowest BCUT2D eigenvalue weighted by Gasteiger charge is -2.22. The third kappa shape index (κ3) is 2.94. The Morgan fingerprint density at radius 2 is 2.29 bits per heavy atom. The number of hydrogen-bond donors (Lipinski definition) is 0. The van der Waals surface area contributed by atoms with E-state index in [1.807, 2.05) is 17.5 Å². The third-order valence-electron chi connectivity index (χ3n) is 3.98. The summed E-state index contributed by atoms with van der Waals surface area (Å²) in [6.07, 6.45) is 1.93. The molecule has 4 nitrogen and oxygen atoms in total. The van der Waals surface area contributed by atoms with Gasteiger partial charge in [0.05, 0.1) is 22.2 Å². The normalized spacial score (nSPS) is 17.5. The van der Waals surface area contributed by atoms with Crippen molar-refractivity contribution >= 4 is 43.9 Å². The highest BCUT2D eigenvalue weighted by molar-refractivity contribution is 7.22. The van der Waals surface area contributed by atoms with E-state index in [0.29, 0.717) is 22.1 Å². The number of aromatic nitrogens is 1. The number of carbonyl (C=O) groups excluding carboxylic acids is 1. The molecule has 0 aliphatic carbocycles. The molecule has 2 aromatic heterocycles. The molecule has 1 aliphatic heterocycles. The van der Waals surface area contributed by atoms with Gasteiger partial charge in [0.15, 0.2) is 5.13 Å². The zero-order valence-corrected chi connectivity index (χ0v) is 14.4. The van der Waals surface area contributed by atoms with Gasteiger partial charge in [-0.15, -0.1) is 11.3 Å². The quantitative estimate of drug-likeness (QED) is 0.694. The largest absolute Gasteiger partial charge is 0.376 e. The summed E-state index contributed by atoms with van der Waals surface area (Å²) in [5, 5.41) is 2.39. The Balaban J connectivity index is 1.72. The first kappa shape index (κ1) is 15.7. The Hall–Kier alpha value is -1.83. The summed E-state index contributed by atoms with van der Waals surface area (Å²) < 4.78 is 20.4. The van der Waals surface area contributed by atoms with Gasteiger partial charge in [-0.3, -0.25) is 9.69 Å². The molecule has 1 atom stereocenters. The van der Waals surface area contributed by atoms with Crippen molar-refractivity contribution in [3.8, 4) is 0 Å². The number of halogens is 1. The van der Waals surface area contributed by atoms with Crippen LogP contribution in [0.15, 0.2) is 35.7 Å². The minimum absolute atomic E-state index is 0.00534. The number of para-hydroxylation sites is 1. The highest BCUT2D eigenvalue weighted by Crippen LogP contribution is 2.32. The van der Waals surface area contributed by atoms with E-state index in [0.717, 1.165) is 24.1 Å². The van der Waals surface area contributed by atoms with Crippen LogP contribution in [0.2, 0.25) is 0 Å². The first-order valence-corrected chi connectivity index (χ1v) is 9.44. The van der Waals surface area contributed by atoms with E-state index in [9.17, 15) is 9.18 Å². The zero-order valence-electron chi connectivity index (χ0n) is 12.8. The maximum Gasteiger partial charge on any atom is 0.270 e. The van der Waals surface area contributed by atoms with Crippen molar-refractivity contribution in [1.29, 1.82) is 0 Å². The van der Waals surface area contributed by atoms with Crippen LogP contribution in [0.5, 0.6) is 0 Å². The molecule has 3 heterocycles. The van der Waals surface area contributed by atoms with Crippen molar-refractivity contribution < 1.29 is 13.9 Å². The first-order valence-electron chi connectivity index (χ1n) is 7.74. The standard InChI is InChI=1S/C17H15FN2O2S2/c18-12-5-1-6-13-15(12)19-17(24-13)20(10-11-4-2-8-22-11)16(21)14-7-3-9-23-14/h1,3,5-7,9,11H,2,4,8,10H2. The molecule has 3 aromatic rings. The predicted molar refractivity (Wildman–Crippen MR) is 94.5 cm³/mol. The summed E-state index contributed by atoms with van der Waals surface area (Å²) >= 11 is 2.72. The van der Waals surface area contributed by atoms with Crippen LogP contribution in [0.3, 0.4) is 0 Å². The van der Waals surface area contributed by atoms with Crippen LogP contribution in [-0.2, 0) is 4.74 Å². The van der Waals surface area contributed by atoms with Crippen molar-refractivity contribution in [2.24, 2.45) is 0 Å². The Labute approximate surface area is 146 Å². The van der Waals surface area contributed by atoms with E-state index in [1.54, 1.807) is 17.0 Å². The maximum atomic E-state index is 14.0. The van der Waals surface area contributed by atoms with Crippen molar-refractivity contribution in [2.45, 2.75) is 18.9 Å². The number of benzene rings is 1. The summed E-state index contributed by atoms with van der Waals surface area (Å²) in [6.45, 7) is 1.17. The van der Waals surface area contributed by atoms with E-state index in [-0.39, 0.29) is 17.8 Å². The average molecular weight is 362 g/mol. The molecule has 7 heteroatoms. The molecular weight excluding hydrogens is 347 g/mol. The molecule has 124 valence electrons. The fourth-order valence-corrected chi connectivity index (χ4v) is 4.45. The lowest BCUT2D eigenvalue weighted by atomic mass is 10.2. The number of ether oxygens (including phenoxy) is 1. The SMILES string of the molecule is O=C(c1cccs1)N(CC1CCCO1)c1nc2c(F)cccc2s1. The maximum absolute atomic E-state index is 14.0. The Morgan fingerprint density at radius 3 is 3.00 bits per heavy atom. The topological polar surface area (TPSA) is 42.4 Å². The molecule has 0 bridgehead atoms. The minimum Gasteiger partial charge on any atom is -0.376 e. The molecular formula is C17H15FN2O2S2. The summed E-state index contributed by atoms with van der Waals surface area (Å²) in [4.78, 5) is 19.6. The summed E-state index contributed by atoms with van der Waals surface area (Å²) in [7, 11) is 0. The molecule has 0 saturated carbocycles. The number of thiophene rings is 1. The van der Waals surface area contributed by atoms with E-state index < -0.39 is 0 Å². The monoisotopic (exact) mass is 362 g/mol. The number of thiazole rings is 1. The Kier molecular flexibility index (Phi) is 4.30. The number of nitrogens with zero attached hydrogens (tertiary/aromatic N) is 2. The molecule has 1 aliphatic rings. The number of hydrogen-bond acceptors (Lipinski definition) is 5. The van der Waals surface area contributed by atoms with Crippen LogP contribution in [-0.4, -0.2) is 30.1 Å². The van der Waals surface area contributed by atoms with Crippen LogP contribution >= 0.6 is 22.7 Å². The molecule has 1 saturated heterocycles. The van der Waals surface area contributed by atoms with Crippen LogP contribution in [0.1, 0.15) is 22.5 Å². The predicted octanol–water partition coefficient (Wildman–Crippen LogP) is 4.32. The molecule has 0 radical (unpaired) electrons. The number of rotatable bonds is 4. The van der Waals surface area contributed by atoms with Gasteiger partial charge in [-0.2, -0.15) is 0 Å². The highest BCUT2D eigenvalue weighted by atomic mass is 32.1. The molecule has 1 unspecified atom stereocenters. The molecule has 0 N–H and O–H groups in total. The second kappa shape index (κ2) is 6.58. The zero-order chi connectivity index (χ0) is 16.5. The van der Waals surface area contributed by atoms with Crippen molar-refractivity contribution in [2.75, 3.05) is 18.1 Å². The van der Waals surface area contributed by atoms with Gasteiger partial charge in [-0.05, 0) is 36.4 Å². The van der Waals surface area contributed by atoms with Crippen LogP contribution in [0.4, 0.5) is 9.52 Å².